The molecule has 11 heteroatoms. The first-order chi connectivity index (χ1) is 12.7. The molecule has 1 aromatic heterocycles. The Bertz CT molecular complexity index is 802. The molecule has 0 saturated carbocycles. The number of hydrogen-bond acceptors (Lipinski definition) is 7. The molecule has 3 heterocycles. The molecule has 0 aromatic carbocycles. The number of fused-ring (bicyclic) bond motifs is 1. The van der Waals surface area contributed by atoms with E-state index < -0.39 is 16.1 Å². The van der Waals surface area contributed by atoms with Gasteiger partial charge in [-0.25, -0.2) is 13.1 Å². The van der Waals surface area contributed by atoms with Crippen LogP contribution in [0.25, 0.3) is 0 Å². The van der Waals surface area contributed by atoms with Crippen molar-refractivity contribution in [2.45, 2.75) is 38.0 Å². The molecule has 2 saturated heterocycles. The molecule has 2 N–H and O–H groups in total. The van der Waals surface area contributed by atoms with Gasteiger partial charge in [-0.3, -0.25) is 24.5 Å². The molecule has 27 heavy (non-hydrogen) atoms. The summed E-state index contributed by atoms with van der Waals surface area (Å²) in [6, 6.07) is -1.14. The number of hydrogen-bond donors (Lipinski definition) is 2. The van der Waals surface area contributed by atoms with Gasteiger partial charge in [0, 0.05) is 63.8 Å². The van der Waals surface area contributed by atoms with Crippen molar-refractivity contribution < 1.29 is 18.0 Å². The molecule has 10 nitrogen and oxygen atoms in total. The van der Waals surface area contributed by atoms with Crippen LogP contribution in [0.1, 0.15) is 19.0 Å². The Kier molecular flexibility index (Phi) is 5.72. The number of carbonyl (C=O) groups excluding carboxylic acids is 2. The first-order valence-electron chi connectivity index (χ1n) is 8.73. The van der Waals surface area contributed by atoms with E-state index in [-0.39, 0.29) is 23.9 Å². The van der Waals surface area contributed by atoms with Crippen LogP contribution in [-0.4, -0.2) is 84.0 Å². The van der Waals surface area contributed by atoms with Crippen molar-refractivity contribution in [2.75, 3.05) is 25.9 Å². The van der Waals surface area contributed by atoms with Gasteiger partial charge in [0.25, 0.3) is 0 Å². The zero-order chi connectivity index (χ0) is 19.6. The van der Waals surface area contributed by atoms with Gasteiger partial charge in [-0.1, -0.05) is 0 Å². The first kappa shape index (κ1) is 19.6. The quantitative estimate of drug-likeness (QED) is 0.609. The van der Waals surface area contributed by atoms with Crippen LogP contribution in [0.3, 0.4) is 0 Å². The fourth-order valence-electron chi connectivity index (χ4n) is 3.78. The normalized spacial score (nSPS) is 26.5. The van der Waals surface area contributed by atoms with Crippen LogP contribution >= 0.6 is 0 Å². The average Bonchev–Trinajstić information content (AvgIpc) is 2.89. The molecular formula is C16H24N6O4S. The lowest BCUT2D eigenvalue weighted by Crippen LogP contribution is -2.51. The topological polar surface area (TPSA) is 125 Å². The van der Waals surface area contributed by atoms with E-state index in [1.54, 1.807) is 23.5 Å². The third-order valence-corrected chi connectivity index (χ3v) is 5.43. The van der Waals surface area contributed by atoms with Crippen LogP contribution in [0.5, 0.6) is 0 Å². The highest BCUT2D eigenvalue weighted by atomic mass is 32.2. The second-order valence-corrected chi connectivity index (χ2v) is 8.89. The monoisotopic (exact) mass is 396 g/mol. The van der Waals surface area contributed by atoms with Crippen molar-refractivity contribution >= 4 is 21.8 Å². The van der Waals surface area contributed by atoms with Gasteiger partial charge in [-0.05, 0) is 6.42 Å². The number of nitrogens with one attached hydrogen (secondary N) is 2. The summed E-state index contributed by atoms with van der Waals surface area (Å²) < 4.78 is 25.7. The minimum atomic E-state index is -3.36. The Morgan fingerprint density at radius 2 is 2.07 bits per heavy atom. The summed E-state index contributed by atoms with van der Waals surface area (Å²) in [5.74, 6) is -0.467. The Morgan fingerprint density at radius 1 is 1.30 bits per heavy atom. The molecule has 2 aliphatic rings. The van der Waals surface area contributed by atoms with Gasteiger partial charge < -0.3 is 10.2 Å². The zero-order valence-electron chi connectivity index (χ0n) is 15.3. The number of aromatic nitrogens is 2. The largest absolute Gasteiger partial charge is 0.343 e. The highest BCUT2D eigenvalue weighted by Gasteiger charge is 2.42. The number of sulfonamides is 1. The lowest BCUT2D eigenvalue weighted by molar-refractivity contribution is -0.135. The maximum Gasteiger partial charge on any atom is 0.246 e. The molecule has 0 aliphatic carbocycles. The summed E-state index contributed by atoms with van der Waals surface area (Å²) in [6.07, 6.45) is 6.51. The molecule has 0 unspecified atom stereocenters. The molecule has 0 bridgehead atoms. The summed E-state index contributed by atoms with van der Waals surface area (Å²) >= 11 is 0. The number of rotatable bonds is 5. The van der Waals surface area contributed by atoms with Crippen molar-refractivity contribution in [1.82, 2.24) is 29.8 Å². The Balaban J connectivity index is 1.80. The predicted octanol–water partition coefficient (Wildman–Crippen LogP) is -1.68. The maximum absolute atomic E-state index is 13.0. The second kappa shape index (κ2) is 7.87. The van der Waals surface area contributed by atoms with E-state index in [0.29, 0.717) is 32.6 Å². The molecule has 2 aliphatic heterocycles. The number of amides is 2. The van der Waals surface area contributed by atoms with E-state index in [1.165, 1.54) is 6.92 Å². The predicted molar refractivity (Wildman–Crippen MR) is 96.8 cm³/mol. The van der Waals surface area contributed by atoms with Gasteiger partial charge >= 0.3 is 0 Å². The van der Waals surface area contributed by atoms with E-state index in [1.807, 2.05) is 0 Å². The molecular weight excluding hydrogens is 372 g/mol. The molecule has 3 rings (SSSR count). The molecule has 2 fully saturated rings. The van der Waals surface area contributed by atoms with Crippen molar-refractivity contribution in [3.63, 3.8) is 0 Å². The third-order valence-electron chi connectivity index (χ3n) is 4.67. The van der Waals surface area contributed by atoms with Crippen LogP contribution in [0.15, 0.2) is 18.6 Å². The zero-order valence-corrected chi connectivity index (χ0v) is 16.1. The van der Waals surface area contributed by atoms with Crippen LogP contribution in [-0.2, 0) is 26.2 Å². The van der Waals surface area contributed by atoms with Gasteiger partial charge in [0.05, 0.1) is 11.9 Å². The van der Waals surface area contributed by atoms with E-state index in [0.717, 1.165) is 11.9 Å². The summed E-state index contributed by atoms with van der Waals surface area (Å²) in [7, 11) is -3.36. The van der Waals surface area contributed by atoms with Crippen LogP contribution in [0.2, 0.25) is 0 Å². The maximum atomic E-state index is 13.0. The van der Waals surface area contributed by atoms with Gasteiger partial charge in [-0.15, -0.1) is 0 Å². The minimum Gasteiger partial charge on any atom is -0.343 e. The van der Waals surface area contributed by atoms with Crippen molar-refractivity contribution in [1.29, 1.82) is 0 Å². The van der Waals surface area contributed by atoms with E-state index in [2.05, 4.69) is 24.9 Å². The van der Waals surface area contributed by atoms with Crippen LogP contribution in [0, 0.1) is 0 Å². The van der Waals surface area contributed by atoms with E-state index in [9.17, 15) is 18.0 Å². The lowest BCUT2D eigenvalue weighted by atomic mass is 10.1. The molecule has 148 valence electrons. The highest BCUT2D eigenvalue weighted by Crippen LogP contribution is 2.24. The highest BCUT2D eigenvalue weighted by molar-refractivity contribution is 7.88. The molecule has 1 aromatic rings. The van der Waals surface area contributed by atoms with Crippen molar-refractivity contribution in [2.24, 2.45) is 0 Å². The Labute approximate surface area is 158 Å². The van der Waals surface area contributed by atoms with Crippen LogP contribution in [0.4, 0.5) is 0 Å². The lowest BCUT2D eigenvalue weighted by Gasteiger charge is -2.24. The fraction of sp³-hybridized carbons (Fsp3) is 0.625. The van der Waals surface area contributed by atoms with E-state index >= 15 is 0 Å². The third kappa shape index (κ3) is 5.21. The summed E-state index contributed by atoms with van der Waals surface area (Å²) in [5, 5.41) is 2.72. The average molecular weight is 396 g/mol. The smallest absolute Gasteiger partial charge is 0.246 e. The summed E-state index contributed by atoms with van der Waals surface area (Å²) in [4.78, 5) is 36.6. The first-order valence-corrected chi connectivity index (χ1v) is 10.6. The van der Waals surface area contributed by atoms with Gasteiger partial charge in [-0.2, -0.15) is 0 Å². The van der Waals surface area contributed by atoms with Gasteiger partial charge in [0.2, 0.25) is 21.8 Å². The molecule has 0 radical (unpaired) electrons. The number of carbonyl (C=O) groups is 2. The van der Waals surface area contributed by atoms with Crippen molar-refractivity contribution in [3.05, 3.63) is 24.3 Å². The Morgan fingerprint density at radius 3 is 2.70 bits per heavy atom. The SMILES string of the molecule is CC(=O)N[C@H]1CN(Cc2cnccn2)C[C@@H]2C[C@H](NS(C)(=O)=O)CN2C1=O. The molecule has 0 spiro atoms. The Hall–Kier alpha value is -2.11. The van der Waals surface area contributed by atoms with Crippen LogP contribution < -0.4 is 10.0 Å². The van der Waals surface area contributed by atoms with E-state index in [4.69, 9.17) is 0 Å². The standard InChI is InChI=1S/C16H24N6O4S/c1-11(23)19-15-10-21(7-13-6-17-3-4-18-13)9-14-5-12(20-27(2,25)26)8-22(14)16(15)24/h3-4,6,12,14-15,20H,5,7-10H2,1-2H3,(H,19,23)/t12-,14-,15-/m0/s1. The molecule has 2 amide bonds. The fourth-order valence-corrected chi connectivity index (χ4v) is 4.56. The molecule has 3 atom stereocenters. The number of nitrogens with zero attached hydrogens (tertiary/aromatic N) is 4. The summed E-state index contributed by atoms with van der Waals surface area (Å²) in [5.41, 5.74) is 0.767. The van der Waals surface area contributed by atoms with Gasteiger partial charge in [0.15, 0.2) is 0 Å². The van der Waals surface area contributed by atoms with Gasteiger partial charge in [0.1, 0.15) is 6.04 Å². The second-order valence-electron chi connectivity index (χ2n) is 7.11. The van der Waals surface area contributed by atoms with Crippen molar-refractivity contribution in [3.8, 4) is 0 Å². The summed E-state index contributed by atoms with van der Waals surface area (Å²) in [6.45, 7) is 3.10. The minimum absolute atomic E-state index is 0.132.